The number of Topliss-reactive ketones (excluding diaryl/α,β-unsaturated/α-hetero) is 1. The van der Waals surface area contributed by atoms with E-state index in [1.54, 1.807) is 0 Å². The highest BCUT2D eigenvalue weighted by molar-refractivity contribution is 7.12. The van der Waals surface area contributed by atoms with Crippen molar-refractivity contribution in [2.75, 3.05) is 6.54 Å². The molecule has 4 rings (SSSR count). The number of likely N-dealkylation sites (tertiary alicyclic amines) is 1. The fourth-order valence-corrected chi connectivity index (χ4v) is 5.22. The van der Waals surface area contributed by atoms with Gasteiger partial charge in [0.15, 0.2) is 5.78 Å². The largest absolute Gasteiger partial charge is 0.434 e. The Morgan fingerprint density at radius 3 is 2.67 bits per heavy atom. The van der Waals surface area contributed by atoms with E-state index in [0.29, 0.717) is 16.4 Å². The topological polar surface area (TPSA) is 68.2 Å². The van der Waals surface area contributed by atoms with Crippen molar-refractivity contribution >= 4 is 28.7 Å². The Morgan fingerprint density at radius 2 is 2.06 bits per heavy atom. The molecule has 36 heavy (non-hydrogen) atoms. The first kappa shape index (κ1) is 26.4. The van der Waals surface area contributed by atoms with Gasteiger partial charge < -0.3 is 4.74 Å². The molecule has 1 fully saturated rings. The van der Waals surface area contributed by atoms with E-state index in [0.717, 1.165) is 31.5 Å². The fourth-order valence-electron chi connectivity index (χ4n) is 4.00. The first-order valence-corrected chi connectivity index (χ1v) is 12.1. The predicted molar refractivity (Wildman–Crippen MR) is 123 cm³/mol. The number of carbonyl (C=O) groups is 1. The van der Waals surface area contributed by atoms with Crippen LogP contribution < -0.4 is 4.74 Å². The number of alkyl halides is 5. The van der Waals surface area contributed by atoms with Gasteiger partial charge >= 0.3 is 12.8 Å². The Hall–Kier alpha value is -2.70. The number of hydrogen-bond acceptors (Lipinski definition) is 7. The van der Waals surface area contributed by atoms with Crippen molar-refractivity contribution in [3.05, 3.63) is 56.9 Å². The number of ether oxygens (including phenoxy) is 1. The molecule has 0 radical (unpaired) electrons. The minimum absolute atomic E-state index is 0.0822. The molecular weight excluding hydrogens is 527 g/mol. The van der Waals surface area contributed by atoms with Gasteiger partial charge in [0.1, 0.15) is 21.6 Å². The summed E-state index contributed by atoms with van der Waals surface area (Å²) in [6.45, 7) is -0.0886. The maximum absolute atomic E-state index is 13.6. The third-order valence-corrected chi connectivity index (χ3v) is 7.01. The van der Waals surface area contributed by atoms with Crippen molar-refractivity contribution in [1.82, 2.24) is 19.9 Å². The minimum Gasteiger partial charge on any atom is -0.434 e. The van der Waals surface area contributed by atoms with Crippen LogP contribution in [0.5, 0.6) is 5.75 Å². The number of aromatic nitrogens is 3. The van der Waals surface area contributed by atoms with E-state index < -0.39 is 24.1 Å². The summed E-state index contributed by atoms with van der Waals surface area (Å²) in [4.78, 5) is 27.8. The zero-order chi connectivity index (χ0) is 26.0. The lowest BCUT2D eigenvalue weighted by molar-refractivity contribution is -0.141. The van der Waals surface area contributed by atoms with E-state index in [1.165, 1.54) is 29.8 Å². The standard InChI is InChI=1S/C23H20ClF5N4O2S/c1-12-3-2-6-33(12)11-18-21(13-4-5-17(35-22(25)26)14(7-13)23(27,28)29)32-20(36-18)8-16(34)15-9-31-19(24)10-30-15/h4-5,7,9-10,12,22H,2-3,6,8,11H2,1H3/t12-/m1/s1. The van der Waals surface area contributed by atoms with Crippen molar-refractivity contribution < 1.29 is 31.5 Å². The van der Waals surface area contributed by atoms with Gasteiger partial charge in [-0.3, -0.25) is 9.69 Å². The number of rotatable bonds is 8. The maximum Gasteiger partial charge on any atom is 0.419 e. The monoisotopic (exact) mass is 546 g/mol. The van der Waals surface area contributed by atoms with Crippen LogP contribution in [0.25, 0.3) is 11.3 Å². The van der Waals surface area contributed by atoms with E-state index in [2.05, 4.69) is 31.5 Å². The Bertz CT molecular complexity index is 1240. The summed E-state index contributed by atoms with van der Waals surface area (Å²) in [5.74, 6) is -1.35. The van der Waals surface area contributed by atoms with Crippen molar-refractivity contribution in [2.24, 2.45) is 0 Å². The molecule has 0 bridgehead atoms. The quantitative estimate of drug-likeness (QED) is 0.244. The lowest BCUT2D eigenvalue weighted by Crippen LogP contribution is -2.25. The van der Waals surface area contributed by atoms with Crippen LogP contribution >= 0.6 is 22.9 Å². The number of thiazole rings is 1. The van der Waals surface area contributed by atoms with Crippen molar-refractivity contribution in [3.8, 4) is 17.0 Å². The number of nitrogens with zero attached hydrogens (tertiary/aromatic N) is 4. The molecule has 0 saturated carbocycles. The zero-order valence-corrected chi connectivity index (χ0v) is 20.4. The summed E-state index contributed by atoms with van der Waals surface area (Å²) in [6.07, 6.45) is -0.595. The normalized spacial score (nSPS) is 16.6. The summed E-state index contributed by atoms with van der Waals surface area (Å²) >= 11 is 6.93. The Labute approximate surface area is 212 Å². The molecule has 1 aliphatic heterocycles. The SMILES string of the molecule is C[C@@H]1CCCN1Cc1sc(CC(=O)c2cnc(Cl)cn2)nc1-c1ccc(OC(F)F)c(C(F)(F)F)c1. The first-order chi connectivity index (χ1) is 17.0. The molecule has 1 saturated heterocycles. The van der Waals surface area contributed by atoms with Gasteiger partial charge in [-0.2, -0.15) is 22.0 Å². The van der Waals surface area contributed by atoms with Gasteiger partial charge in [0.25, 0.3) is 0 Å². The smallest absolute Gasteiger partial charge is 0.419 e. The van der Waals surface area contributed by atoms with E-state index >= 15 is 0 Å². The van der Waals surface area contributed by atoms with Gasteiger partial charge in [-0.15, -0.1) is 11.3 Å². The van der Waals surface area contributed by atoms with Gasteiger partial charge in [-0.1, -0.05) is 11.6 Å². The van der Waals surface area contributed by atoms with E-state index in [4.69, 9.17) is 11.6 Å². The highest BCUT2D eigenvalue weighted by Gasteiger charge is 2.36. The predicted octanol–water partition coefficient (Wildman–Crippen LogP) is 6.28. The lowest BCUT2D eigenvalue weighted by atomic mass is 10.1. The van der Waals surface area contributed by atoms with Gasteiger partial charge in [0.05, 0.1) is 30.1 Å². The second kappa shape index (κ2) is 10.7. The second-order valence-corrected chi connectivity index (χ2v) is 9.81. The molecule has 0 amide bonds. The third-order valence-electron chi connectivity index (χ3n) is 5.77. The van der Waals surface area contributed by atoms with Crippen LogP contribution in [0.2, 0.25) is 5.15 Å². The molecule has 0 N–H and O–H groups in total. The fraction of sp³-hybridized carbons (Fsp3) is 0.391. The molecule has 1 atom stereocenters. The van der Waals surface area contributed by atoms with Gasteiger partial charge in [0, 0.05) is 23.0 Å². The van der Waals surface area contributed by atoms with Crippen LogP contribution in [-0.4, -0.2) is 44.8 Å². The number of halogens is 6. The van der Waals surface area contributed by atoms with Gasteiger partial charge in [-0.25, -0.2) is 15.0 Å². The van der Waals surface area contributed by atoms with Crippen LogP contribution in [0.3, 0.4) is 0 Å². The molecule has 192 valence electrons. The van der Waals surface area contributed by atoms with Crippen molar-refractivity contribution in [3.63, 3.8) is 0 Å². The van der Waals surface area contributed by atoms with E-state index in [9.17, 15) is 26.7 Å². The Morgan fingerprint density at radius 1 is 1.28 bits per heavy atom. The van der Waals surface area contributed by atoms with Crippen LogP contribution in [-0.2, 0) is 19.1 Å². The van der Waals surface area contributed by atoms with Crippen LogP contribution in [0.4, 0.5) is 22.0 Å². The third kappa shape index (κ3) is 6.16. The molecule has 0 spiro atoms. The average molecular weight is 547 g/mol. The number of benzene rings is 1. The molecular formula is C23H20ClF5N4O2S. The molecule has 1 aromatic carbocycles. The van der Waals surface area contributed by atoms with Crippen LogP contribution in [0.15, 0.2) is 30.6 Å². The van der Waals surface area contributed by atoms with Gasteiger partial charge in [-0.05, 0) is 44.5 Å². The summed E-state index contributed by atoms with van der Waals surface area (Å²) in [5.41, 5.74) is -0.896. The van der Waals surface area contributed by atoms with Crippen molar-refractivity contribution in [1.29, 1.82) is 0 Å². The van der Waals surface area contributed by atoms with Gasteiger partial charge in [0.2, 0.25) is 0 Å². The second-order valence-electron chi connectivity index (χ2n) is 8.25. The zero-order valence-electron chi connectivity index (χ0n) is 18.9. The molecule has 0 unspecified atom stereocenters. The molecule has 2 aromatic heterocycles. The lowest BCUT2D eigenvalue weighted by Gasteiger charge is -2.20. The molecule has 3 aromatic rings. The van der Waals surface area contributed by atoms with E-state index in [1.807, 2.05) is 0 Å². The Balaban J connectivity index is 1.71. The highest BCUT2D eigenvalue weighted by Crippen LogP contribution is 2.41. The molecule has 3 heterocycles. The highest BCUT2D eigenvalue weighted by atomic mass is 35.5. The summed E-state index contributed by atoms with van der Waals surface area (Å²) in [7, 11) is 0. The molecule has 6 nitrogen and oxygen atoms in total. The number of carbonyl (C=O) groups excluding carboxylic acids is 1. The summed E-state index contributed by atoms with van der Waals surface area (Å²) in [5, 5.41) is 0.514. The van der Waals surface area contributed by atoms with E-state index in [-0.39, 0.29) is 40.4 Å². The van der Waals surface area contributed by atoms with Crippen molar-refractivity contribution in [2.45, 2.75) is 51.6 Å². The number of hydrogen-bond donors (Lipinski definition) is 0. The molecule has 0 aliphatic carbocycles. The maximum atomic E-state index is 13.6. The number of ketones is 1. The van der Waals surface area contributed by atoms with Crippen LogP contribution in [0.1, 0.15) is 45.7 Å². The van der Waals surface area contributed by atoms with Crippen LogP contribution in [0, 0.1) is 0 Å². The first-order valence-electron chi connectivity index (χ1n) is 10.9. The molecule has 13 heteroatoms. The molecule has 1 aliphatic rings. The average Bonchev–Trinajstić information content (AvgIpc) is 3.39. The minimum atomic E-state index is -4.92. The summed E-state index contributed by atoms with van der Waals surface area (Å²) in [6, 6.07) is 3.15. The Kier molecular flexibility index (Phi) is 7.86. The summed E-state index contributed by atoms with van der Waals surface area (Å²) < 4.78 is 70.4.